The molecule has 0 unspecified atom stereocenters. The highest BCUT2D eigenvalue weighted by atomic mass is 32.2. The summed E-state index contributed by atoms with van der Waals surface area (Å²) in [6, 6.07) is 17.5. The standard InChI is InChI=1S/C23H24N2O4S2/c1-15(23(26)24-17-10-11-31(27,28)14-17)30-22-13-20(16-6-4-3-5-7-16)19-9-8-18(29-2)12-21(19)25-22/h3-9,12-13,15,17H,10-11,14H2,1-2H3,(H,24,26)/t15-,17-/m1/s1. The minimum Gasteiger partial charge on any atom is -0.497 e. The first-order chi connectivity index (χ1) is 14.8. The van der Waals surface area contributed by atoms with E-state index in [9.17, 15) is 13.2 Å². The number of thioether (sulfide) groups is 1. The molecule has 6 nitrogen and oxygen atoms in total. The van der Waals surface area contributed by atoms with E-state index in [2.05, 4.69) is 5.32 Å². The van der Waals surface area contributed by atoms with E-state index in [4.69, 9.17) is 9.72 Å². The zero-order valence-corrected chi connectivity index (χ0v) is 19.0. The number of hydrogen-bond acceptors (Lipinski definition) is 6. The lowest BCUT2D eigenvalue weighted by Gasteiger charge is -2.16. The number of fused-ring (bicyclic) bond motifs is 1. The number of benzene rings is 2. The van der Waals surface area contributed by atoms with Crippen molar-refractivity contribution in [3.05, 3.63) is 54.6 Å². The summed E-state index contributed by atoms with van der Waals surface area (Å²) in [5.41, 5.74) is 2.89. The second-order valence-corrected chi connectivity index (χ2v) is 11.2. The van der Waals surface area contributed by atoms with Gasteiger partial charge in [0, 0.05) is 17.5 Å². The summed E-state index contributed by atoms with van der Waals surface area (Å²) >= 11 is 1.36. The van der Waals surface area contributed by atoms with Crippen LogP contribution in [0.1, 0.15) is 13.3 Å². The summed E-state index contributed by atoms with van der Waals surface area (Å²) in [6.07, 6.45) is 0.470. The highest BCUT2D eigenvalue weighted by molar-refractivity contribution is 8.00. The number of aromatic nitrogens is 1. The van der Waals surface area contributed by atoms with Gasteiger partial charge in [-0.25, -0.2) is 13.4 Å². The minimum absolute atomic E-state index is 0.0162. The van der Waals surface area contributed by atoms with Gasteiger partial charge in [0.05, 0.1) is 34.4 Å². The van der Waals surface area contributed by atoms with Gasteiger partial charge in [-0.1, -0.05) is 42.1 Å². The number of nitrogens with one attached hydrogen (secondary N) is 1. The molecule has 31 heavy (non-hydrogen) atoms. The van der Waals surface area contributed by atoms with Gasteiger partial charge in [-0.3, -0.25) is 4.79 Å². The van der Waals surface area contributed by atoms with Gasteiger partial charge in [0.1, 0.15) is 5.75 Å². The molecule has 1 aliphatic rings. The SMILES string of the molecule is COc1ccc2c(-c3ccccc3)cc(S[C@H](C)C(=O)N[C@@H]3CCS(=O)(=O)C3)nc2c1. The number of rotatable bonds is 6. The Labute approximate surface area is 186 Å². The fourth-order valence-electron chi connectivity index (χ4n) is 3.69. The lowest BCUT2D eigenvalue weighted by molar-refractivity contribution is -0.120. The lowest BCUT2D eigenvalue weighted by atomic mass is 10.0. The molecule has 2 heterocycles. The van der Waals surface area contributed by atoms with Crippen LogP contribution in [0.25, 0.3) is 22.0 Å². The van der Waals surface area contributed by atoms with E-state index in [1.165, 1.54) is 11.8 Å². The molecule has 2 aromatic carbocycles. The molecule has 1 aromatic heterocycles. The molecule has 1 amide bonds. The van der Waals surface area contributed by atoms with E-state index in [1.807, 2.05) is 61.5 Å². The molecule has 0 bridgehead atoms. The van der Waals surface area contributed by atoms with Crippen LogP contribution in [-0.2, 0) is 14.6 Å². The Morgan fingerprint density at radius 2 is 1.97 bits per heavy atom. The number of hydrogen-bond donors (Lipinski definition) is 1. The highest BCUT2D eigenvalue weighted by Gasteiger charge is 2.30. The maximum atomic E-state index is 12.7. The lowest BCUT2D eigenvalue weighted by Crippen LogP contribution is -2.39. The van der Waals surface area contributed by atoms with Crippen LogP contribution in [0.15, 0.2) is 59.6 Å². The average molecular weight is 457 g/mol. The van der Waals surface area contributed by atoms with E-state index >= 15 is 0 Å². The summed E-state index contributed by atoms with van der Waals surface area (Å²) in [5, 5.41) is 4.18. The minimum atomic E-state index is -3.04. The van der Waals surface area contributed by atoms with Crippen molar-refractivity contribution in [1.82, 2.24) is 10.3 Å². The molecule has 1 saturated heterocycles. The van der Waals surface area contributed by atoms with Gasteiger partial charge >= 0.3 is 0 Å². The number of ether oxygens (including phenoxy) is 1. The van der Waals surface area contributed by atoms with Gasteiger partial charge in [0.25, 0.3) is 0 Å². The van der Waals surface area contributed by atoms with Crippen molar-refractivity contribution in [3.8, 4) is 16.9 Å². The second kappa shape index (κ2) is 8.88. The van der Waals surface area contributed by atoms with E-state index in [-0.39, 0.29) is 23.5 Å². The summed E-state index contributed by atoms with van der Waals surface area (Å²) in [4.78, 5) is 17.4. The van der Waals surface area contributed by atoms with Crippen molar-refractivity contribution in [1.29, 1.82) is 0 Å². The van der Waals surface area contributed by atoms with E-state index in [0.717, 1.165) is 32.8 Å². The molecule has 1 N–H and O–H groups in total. The van der Waals surface area contributed by atoms with Gasteiger partial charge in [0.2, 0.25) is 5.91 Å². The molecule has 0 aliphatic carbocycles. The van der Waals surface area contributed by atoms with Crippen LogP contribution >= 0.6 is 11.8 Å². The van der Waals surface area contributed by atoms with Gasteiger partial charge < -0.3 is 10.1 Å². The van der Waals surface area contributed by atoms with Crippen molar-refractivity contribution in [2.24, 2.45) is 0 Å². The summed E-state index contributed by atoms with van der Waals surface area (Å²) in [6.45, 7) is 1.81. The van der Waals surface area contributed by atoms with Crippen molar-refractivity contribution in [2.45, 2.75) is 29.7 Å². The number of nitrogens with zero attached hydrogens (tertiary/aromatic N) is 1. The summed E-state index contributed by atoms with van der Waals surface area (Å²) in [7, 11) is -1.42. The molecule has 4 rings (SSSR count). The second-order valence-electron chi connectivity index (χ2n) is 7.63. The number of carbonyl (C=O) groups is 1. The first kappa shape index (κ1) is 21.6. The Morgan fingerprint density at radius 1 is 1.19 bits per heavy atom. The Morgan fingerprint density at radius 3 is 2.65 bits per heavy atom. The Balaban J connectivity index is 1.61. The molecule has 1 aliphatic heterocycles. The molecule has 8 heteroatoms. The number of sulfone groups is 1. The van der Waals surface area contributed by atoms with Crippen molar-refractivity contribution < 1.29 is 17.9 Å². The third kappa shape index (κ3) is 5.02. The maximum absolute atomic E-state index is 12.7. The van der Waals surface area contributed by atoms with E-state index < -0.39 is 15.1 Å². The van der Waals surface area contributed by atoms with Crippen LogP contribution in [0, 0.1) is 0 Å². The third-order valence-electron chi connectivity index (χ3n) is 5.32. The largest absolute Gasteiger partial charge is 0.497 e. The molecule has 0 spiro atoms. The molecular formula is C23H24N2O4S2. The molecule has 1 fully saturated rings. The van der Waals surface area contributed by atoms with E-state index in [0.29, 0.717) is 6.42 Å². The Kier molecular flexibility index (Phi) is 6.20. The van der Waals surface area contributed by atoms with Crippen LogP contribution in [0.5, 0.6) is 5.75 Å². The zero-order chi connectivity index (χ0) is 22.0. The number of carbonyl (C=O) groups excluding carboxylic acids is 1. The monoisotopic (exact) mass is 456 g/mol. The fourth-order valence-corrected chi connectivity index (χ4v) is 6.24. The zero-order valence-electron chi connectivity index (χ0n) is 17.4. The van der Waals surface area contributed by atoms with Crippen molar-refractivity contribution in [3.63, 3.8) is 0 Å². The highest BCUT2D eigenvalue weighted by Crippen LogP contribution is 2.34. The predicted octanol–water partition coefficient (Wildman–Crippen LogP) is 3.69. The normalized spacial score (nSPS) is 18.6. The summed E-state index contributed by atoms with van der Waals surface area (Å²) in [5.74, 6) is 0.686. The number of pyridine rings is 1. The third-order valence-corrected chi connectivity index (χ3v) is 8.11. The van der Waals surface area contributed by atoms with Gasteiger partial charge in [-0.2, -0.15) is 0 Å². The Hall–Kier alpha value is -2.58. The molecule has 0 saturated carbocycles. The summed E-state index contributed by atoms with van der Waals surface area (Å²) < 4.78 is 28.7. The number of methoxy groups -OCH3 is 1. The van der Waals surface area contributed by atoms with Gasteiger partial charge in [-0.15, -0.1) is 0 Å². The fraction of sp³-hybridized carbons (Fsp3) is 0.304. The Bertz CT molecular complexity index is 1210. The number of amides is 1. The molecule has 3 aromatic rings. The molecule has 2 atom stereocenters. The first-order valence-electron chi connectivity index (χ1n) is 10.1. The molecule has 0 radical (unpaired) electrons. The van der Waals surface area contributed by atoms with Crippen LogP contribution in [0.3, 0.4) is 0 Å². The predicted molar refractivity (Wildman–Crippen MR) is 124 cm³/mol. The van der Waals surface area contributed by atoms with Crippen LogP contribution in [0.2, 0.25) is 0 Å². The van der Waals surface area contributed by atoms with E-state index in [1.54, 1.807) is 7.11 Å². The van der Waals surface area contributed by atoms with Gasteiger partial charge in [0.15, 0.2) is 9.84 Å². The van der Waals surface area contributed by atoms with Crippen LogP contribution in [-0.4, -0.2) is 49.2 Å². The smallest absolute Gasteiger partial charge is 0.233 e. The van der Waals surface area contributed by atoms with Crippen LogP contribution < -0.4 is 10.1 Å². The van der Waals surface area contributed by atoms with Crippen molar-refractivity contribution >= 4 is 38.4 Å². The van der Waals surface area contributed by atoms with Crippen LogP contribution in [0.4, 0.5) is 0 Å². The average Bonchev–Trinajstić information content (AvgIpc) is 3.11. The maximum Gasteiger partial charge on any atom is 0.233 e. The molecular weight excluding hydrogens is 432 g/mol. The van der Waals surface area contributed by atoms with Gasteiger partial charge in [-0.05, 0) is 42.7 Å². The molecule has 162 valence electrons. The quantitative estimate of drug-likeness (QED) is 0.570. The topological polar surface area (TPSA) is 85.4 Å². The van der Waals surface area contributed by atoms with Crippen molar-refractivity contribution in [2.75, 3.05) is 18.6 Å². The first-order valence-corrected chi connectivity index (χ1v) is 12.8.